The minimum Gasteiger partial charge on any atom is -0.466 e. The Morgan fingerprint density at radius 2 is 0.928 bits per heavy atom. The number of nitrogens with zero attached hydrogens (tertiary/aromatic N) is 1. The van der Waals surface area contributed by atoms with E-state index in [1.807, 2.05) is 0 Å². The number of rotatable bonds is 36. The molecule has 0 aromatic heterocycles. The topological polar surface area (TPSA) is 322 Å². The van der Waals surface area contributed by atoms with Crippen molar-refractivity contribution in [3.8, 4) is 0 Å². The van der Waals surface area contributed by atoms with Crippen molar-refractivity contribution in [2.45, 2.75) is 235 Å². The number of carbonyl (C=O) groups excluding carboxylic acids is 6. The highest BCUT2D eigenvalue weighted by Gasteiger charge is 2.49. The summed E-state index contributed by atoms with van der Waals surface area (Å²) in [5, 5.41) is 89.1. The van der Waals surface area contributed by atoms with Gasteiger partial charge in [0.2, 0.25) is 11.8 Å². The molecule has 2 saturated carbocycles. The van der Waals surface area contributed by atoms with Gasteiger partial charge in [0.25, 0.3) is 11.8 Å². The van der Waals surface area contributed by atoms with E-state index in [9.17, 15) is 69.6 Å². The first-order chi connectivity index (χ1) is 32.9. The third-order valence-corrected chi connectivity index (χ3v) is 13.1. The lowest BCUT2D eigenvalue weighted by molar-refractivity contribution is -0.172. The van der Waals surface area contributed by atoms with E-state index in [1.54, 1.807) is 0 Å². The smallest absolute Gasteiger partial charge is 0.328 e. The van der Waals surface area contributed by atoms with Gasteiger partial charge in [0.05, 0.1) is 37.6 Å². The summed E-state index contributed by atoms with van der Waals surface area (Å²) < 4.78 is 10.9. The van der Waals surface area contributed by atoms with Crippen molar-refractivity contribution in [2.75, 3.05) is 39.4 Å². The van der Waals surface area contributed by atoms with Gasteiger partial charge in [-0.05, 0) is 32.1 Å². The summed E-state index contributed by atoms with van der Waals surface area (Å²) in [6, 6.07) is -1.17. The second-order valence-electron chi connectivity index (χ2n) is 19.2. The van der Waals surface area contributed by atoms with E-state index in [4.69, 9.17) is 9.47 Å². The van der Waals surface area contributed by atoms with Crippen LogP contribution in [0.15, 0.2) is 0 Å². The van der Waals surface area contributed by atoms with Crippen LogP contribution in [-0.2, 0) is 38.2 Å². The molecule has 0 bridgehead atoms. The molecule has 0 radical (unpaired) electrons. The minimum absolute atomic E-state index is 0.0199. The molecule has 2 aliphatic rings. The Hall–Kier alpha value is -3.50. The number of nitrogens with one attached hydrogen (secondary N) is 3. The number of aliphatic hydroxyl groups excluding tert-OH is 6. The first-order valence-electron chi connectivity index (χ1n) is 25.9. The number of aliphatic hydroxyl groups is 8. The molecule has 2 fully saturated rings. The normalized spacial score (nSPS) is 25.0. The van der Waals surface area contributed by atoms with Gasteiger partial charge in [-0.15, -0.1) is 0 Å². The summed E-state index contributed by atoms with van der Waals surface area (Å²) in [5.41, 5.74) is -4.31. The largest absolute Gasteiger partial charge is 0.466 e. The molecule has 5 atom stereocenters. The Morgan fingerprint density at radius 3 is 1.35 bits per heavy atom. The molecule has 20 heteroatoms. The summed E-state index contributed by atoms with van der Waals surface area (Å²) in [5.74, 6) is -4.13. The third kappa shape index (κ3) is 24.0. The van der Waals surface area contributed by atoms with Crippen LogP contribution in [0.5, 0.6) is 0 Å². The van der Waals surface area contributed by atoms with Crippen LogP contribution in [0.25, 0.3) is 0 Å². The monoisotopic (exact) mass is 989 g/mol. The zero-order chi connectivity index (χ0) is 51.2. The number of esters is 2. The van der Waals surface area contributed by atoms with Gasteiger partial charge in [0, 0.05) is 71.1 Å². The fraction of sp³-hybridized carbons (Fsp3) is 0.878. The van der Waals surface area contributed by atoms with Crippen LogP contribution in [-0.4, -0.2) is 175 Å². The zero-order valence-electron chi connectivity index (χ0n) is 41.5. The first kappa shape index (κ1) is 61.6. The van der Waals surface area contributed by atoms with Crippen molar-refractivity contribution in [3.05, 3.63) is 0 Å². The summed E-state index contributed by atoms with van der Waals surface area (Å²) in [6.07, 6.45) is 5.18. The minimum atomic E-state index is -2.16. The Bertz CT molecular complexity index is 1440. The number of unbranched alkanes of at least 4 members (excludes halogenated alkanes) is 14. The quantitative estimate of drug-likeness (QED) is 0.0313. The Morgan fingerprint density at radius 1 is 0.536 bits per heavy atom. The Labute approximate surface area is 408 Å². The number of amides is 4. The lowest BCUT2D eigenvalue weighted by Crippen LogP contribution is -2.59. The lowest BCUT2D eigenvalue weighted by atomic mass is 9.79. The molecule has 4 amide bonds. The van der Waals surface area contributed by atoms with E-state index in [1.165, 1.54) is 43.4 Å². The van der Waals surface area contributed by atoms with Gasteiger partial charge in [0.1, 0.15) is 29.5 Å². The molecule has 2 rings (SSSR count). The number of carbonyl (C=O) groups is 6. The highest BCUT2D eigenvalue weighted by atomic mass is 16.5. The van der Waals surface area contributed by atoms with Crippen molar-refractivity contribution in [1.29, 1.82) is 0 Å². The second-order valence-corrected chi connectivity index (χ2v) is 19.2. The van der Waals surface area contributed by atoms with Gasteiger partial charge in [-0.3, -0.25) is 24.0 Å². The zero-order valence-corrected chi connectivity index (χ0v) is 41.5. The van der Waals surface area contributed by atoms with E-state index in [-0.39, 0.29) is 77.9 Å². The second kappa shape index (κ2) is 34.0. The summed E-state index contributed by atoms with van der Waals surface area (Å²) in [7, 11) is 0. The van der Waals surface area contributed by atoms with Crippen LogP contribution in [0.2, 0.25) is 0 Å². The van der Waals surface area contributed by atoms with Gasteiger partial charge in [-0.25, -0.2) is 4.79 Å². The summed E-state index contributed by atoms with van der Waals surface area (Å²) in [4.78, 5) is 80.1. The van der Waals surface area contributed by atoms with Crippen LogP contribution in [0.1, 0.15) is 181 Å². The third-order valence-electron chi connectivity index (χ3n) is 13.1. The van der Waals surface area contributed by atoms with Crippen molar-refractivity contribution < 1.29 is 79.1 Å². The van der Waals surface area contributed by atoms with E-state index in [0.29, 0.717) is 6.42 Å². The number of ether oxygens (including phenoxy) is 2. The maximum Gasteiger partial charge on any atom is 0.328 e. The highest BCUT2D eigenvalue weighted by molar-refractivity contribution is 5.88. The molecule has 0 aliphatic heterocycles. The standard InChI is InChI=1S/C49H88N4O16/c1-3-5-7-9-11-13-15-17-29-68-42(60)24-21-35(45(63)69-30-18-16-14-12-10-8-6-4-2)52-40(58)22-23-41(59)53(27-19-25-50-46(64)48(66)31-36(54)43(61)37(55)32-48)28-20-26-51-47(65)49(67)33-38(56)44(62)39(57)34-49/h35-39,43-44,54-57,61-62,66-67H,3-34H2,1-2H3,(H,50,64)(H,51,65)(H,52,58)/t35-,36+,37+,38+,39+,43?,44?,48?,49?/m0/s1. The predicted octanol–water partition coefficient (Wildman–Crippen LogP) is 1.46. The SMILES string of the molecule is CCCCCCCCCCOC(=O)CC[C@H](NC(=O)CCC(=O)N(CCCNC(=O)C1(O)C[C@@H](O)C(O)[C@H](O)C1)CCCNC(=O)C1(O)C[C@@H](O)C(O)[C@H](O)C1)C(=O)OCCCCCCCCCC. The van der Waals surface area contributed by atoms with Crippen LogP contribution < -0.4 is 16.0 Å². The molecule has 0 heterocycles. The Kier molecular flexibility index (Phi) is 30.3. The number of hydrogen-bond donors (Lipinski definition) is 11. The molecule has 0 aromatic carbocycles. The van der Waals surface area contributed by atoms with Crippen molar-refractivity contribution >= 4 is 35.6 Å². The lowest BCUT2D eigenvalue weighted by Gasteiger charge is -2.39. The molecule has 69 heavy (non-hydrogen) atoms. The first-order valence-corrected chi connectivity index (χ1v) is 25.9. The molecule has 0 aromatic rings. The Balaban J connectivity index is 2.02. The van der Waals surface area contributed by atoms with Crippen LogP contribution in [0.3, 0.4) is 0 Å². The molecule has 0 saturated heterocycles. The average molecular weight is 989 g/mol. The van der Waals surface area contributed by atoms with Crippen LogP contribution >= 0.6 is 0 Å². The molecule has 400 valence electrons. The van der Waals surface area contributed by atoms with E-state index in [0.717, 1.165) is 57.8 Å². The van der Waals surface area contributed by atoms with Crippen LogP contribution in [0, 0.1) is 0 Å². The molecule has 11 N–H and O–H groups in total. The predicted molar refractivity (Wildman–Crippen MR) is 254 cm³/mol. The molecular weight excluding hydrogens is 901 g/mol. The van der Waals surface area contributed by atoms with Crippen molar-refractivity contribution in [2.24, 2.45) is 0 Å². The van der Waals surface area contributed by atoms with Gasteiger partial charge in [0.15, 0.2) is 0 Å². The van der Waals surface area contributed by atoms with Crippen molar-refractivity contribution in [1.82, 2.24) is 20.9 Å². The average Bonchev–Trinajstić information content (AvgIpc) is 3.30. The molecule has 2 aliphatic carbocycles. The maximum atomic E-state index is 13.6. The fourth-order valence-corrected chi connectivity index (χ4v) is 8.71. The molecule has 20 nitrogen and oxygen atoms in total. The fourth-order valence-electron chi connectivity index (χ4n) is 8.71. The molecular formula is C49H88N4O16. The summed E-state index contributed by atoms with van der Waals surface area (Å²) in [6.45, 7) is 4.65. The van der Waals surface area contributed by atoms with Crippen LogP contribution in [0.4, 0.5) is 0 Å². The van der Waals surface area contributed by atoms with Gasteiger partial charge < -0.3 is 71.2 Å². The number of hydrogen-bond acceptors (Lipinski definition) is 16. The van der Waals surface area contributed by atoms with E-state index in [2.05, 4.69) is 29.8 Å². The highest BCUT2D eigenvalue weighted by Crippen LogP contribution is 2.30. The molecule has 0 unspecified atom stereocenters. The summed E-state index contributed by atoms with van der Waals surface area (Å²) >= 11 is 0. The van der Waals surface area contributed by atoms with Gasteiger partial charge in [-0.1, -0.05) is 104 Å². The van der Waals surface area contributed by atoms with E-state index >= 15 is 0 Å². The van der Waals surface area contributed by atoms with Crippen molar-refractivity contribution in [3.63, 3.8) is 0 Å². The maximum absolute atomic E-state index is 13.6. The van der Waals surface area contributed by atoms with Gasteiger partial charge >= 0.3 is 11.9 Å². The molecule has 0 spiro atoms. The van der Waals surface area contributed by atoms with Gasteiger partial charge in [-0.2, -0.15) is 0 Å². The van der Waals surface area contributed by atoms with E-state index < -0.39 is 115 Å².